The van der Waals surface area contributed by atoms with E-state index in [2.05, 4.69) is 17.4 Å². The van der Waals surface area contributed by atoms with Gasteiger partial charge in [-0.15, -0.1) is 0 Å². The largest absolute Gasteiger partial charge is 0.451 e. The number of benzene rings is 2. The Bertz CT molecular complexity index is 929. The Balaban J connectivity index is 1.41. The van der Waals surface area contributed by atoms with Gasteiger partial charge in [0.15, 0.2) is 6.10 Å². The number of hydrogen-bond donors (Lipinski definition) is 1. The zero-order valence-electron chi connectivity index (χ0n) is 19.1. The van der Waals surface area contributed by atoms with E-state index in [0.29, 0.717) is 24.6 Å². The maximum atomic E-state index is 12.7. The number of amides is 2. The first kappa shape index (κ1) is 23.5. The number of esters is 1. The van der Waals surface area contributed by atoms with Crippen molar-refractivity contribution in [2.24, 2.45) is 5.92 Å². The van der Waals surface area contributed by atoms with E-state index in [4.69, 9.17) is 4.74 Å². The zero-order chi connectivity index (χ0) is 23.1. The van der Waals surface area contributed by atoms with Crippen molar-refractivity contribution in [2.45, 2.75) is 46.1 Å². The highest BCUT2D eigenvalue weighted by molar-refractivity contribution is 5.96. The van der Waals surface area contributed by atoms with Crippen LogP contribution in [0.25, 0.3) is 0 Å². The molecule has 1 fully saturated rings. The maximum Gasteiger partial charge on any atom is 0.326 e. The average molecular weight is 437 g/mol. The minimum absolute atomic E-state index is 0.183. The molecule has 2 amide bonds. The second kappa shape index (κ2) is 10.9. The Morgan fingerprint density at radius 2 is 1.66 bits per heavy atom. The first-order valence-electron chi connectivity index (χ1n) is 11.2. The van der Waals surface area contributed by atoms with E-state index in [1.165, 1.54) is 5.56 Å². The summed E-state index contributed by atoms with van der Waals surface area (Å²) in [5.41, 5.74) is 3.77. The second-order valence-electron chi connectivity index (χ2n) is 8.65. The van der Waals surface area contributed by atoms with Crippen LogP contribution in [0.5, 0.6) is 0 Å². The minimum atomic E-state index is -0.869. The molecular weight excluding hydrogens is 404 g/mol. The fraction of sp³-hybridized carbons (Fsp3) is 0.423. The third kappa shape index (κ3) is 6.67. The fourth-order valence-electron chi connectivity index (χ4n) is 4.21. The standard InChI is InChI=1S/C26H32N2O4/c1-18-13-19(2)15-23(14-18)25(30)27-17-24(29)32-20(3)26(31)28-11-9-22(10-12-28)16-21-7-5-4-6-8-21/h4-8,13-15,20,22H,9-12,16-17H2,1-3H3,(H,27,30). The van der Waals surface area contributed by atoms with Gasteiger partial charge in [-0.3, -0.25) is 14.4 Å². The quantitative estimate of drug-likeness (QED) is 0.675. The van der Waals surface area contributed by atoms with E-state index >= 15 is 0 Å². The first-order chi connectivity index (χ1) is 15.3. The summed E-state index contributed by atoms with van der Waals surface area (Å²) in [5.74, 6) is -0.590. The molecule has 0 aromatic heterocycles. The summed E-state index contributed by atoms with van der Waals surface area (Å²) in [7, 11) is 0. The number of carbonyl (C=O) groups is 3. The molecule has 1 atom stereocenters. The van der Waals surface area contributed by atoms with Crippen LogP contribution in [0.3, 0.4) is 0 Å². The number of likely N-dealkylation sites (tertiary alicyclic amines) is 1. The molecule has 1 aliphatic heterocycles. The molecule has 0 spiro atoms. The van der Waals surface area contributed by atoms with Crippen LogP contribution < -0.4 is 5.32 Å². The van der Waals surface area contributed by atoms with Crippen molar-refractivity contribution in [1.82, 2.24) is 10.2 Å². The van der Waals surface area contributed by atoms with Crippen molar-refractivity contribution in [3.63, 3.8) is 0 Å². The van der Waals surface area contributed by atoms with Crippen LogP contribution in [0.2, 0.25) is 0 Å². The number of ether oxygens (including phenoxy) is 1. The molecule has 170 valence electrons. The Morgan fingerprint density at radius 3 is 2.28 bits per heavy atom. The zero-order valence-corrected chi connectivity index (χ0v) is 19.1. The topological polar surface area (TPSA) is 75.7 Å². The predicted octanol–water partition coefficient (Wildman–Crippen LogP) is 3.45. The van der Waals surface area contributed by atoms with Crippen molar-refractivity contribution in [2.75, 3.05) is 19.6 Å². The van der Waals surface area contributed by atoms with Crippen LogP contribution in [-0.4, -0.2) is 48.4 Å². The molecule has 3 rings (SSSR count). The van der Waals surface area contributed by atoms with Gasteiger partial charge in [-0.05, 0) is 63.6 Å². The number of aryl methyl sites for hydroxylation is 2. The summed E-state index contributed by atoms with van der Waals surface area (Å²) >= 11 is 0. The lowest BCUT2D eigenvalue weighted by Gasteiger charge is -2.33. The average Bonchev–Trinajstić information content (AvgIpc) is 2.77. The van der Waals surface area contributed by atoms with Crippen LogP contribution in [0.15, 0.2) is 48.5 Å². The monoisotopic (exact) mass is 436 g/mol. The van der Waals surface area contributed by atoms with E-state index in [1.807, 2.05) is 38.1 Å². The van der Waals surface area contributed by atoms with Gasteiger partial charge in [-0.2, -0.15) is 0 Å². The number of rotatable bonds is 7. The Labute approximate surface area is 189 Å². The fourth-order valence-corrected chi connectivity index (χ4v) is 4.21. The van der Waals surface area contributed by atoms with Crippen LogP contribution in [-0.2, 0) is 20.7 Å². The normalized spacial score (nSPS) is 15.2. The molecule has 1 heterocycles. The molecule has 0 saturated carbocycles. The van der Waals surface area contributed by atoms with Gasteiger partial charge < -0.3 is 15.0 Å². The van der Waals surface area contributed by atoms with Gasteiger partial charge in [0.25, 0.3) is 11.8 Å². The Hall–Kier alpha value is -3.15. The number of nitrogens with zero attached hydrogens (tertiary/aromatic N) is 1. The van der Waals surface area contributed by atoms with Gasteiger partial charge in [0.05, 0.1) is 0 Å². The summed E-state index contributed by atoms with van der Waals surface area (Å²) in [6.45, 7) is 6.47. The molecule has 2 aromatic rings. The molecule has 0 aliphatic carbocycles. The lowest BCUT2D eigenvalue weighted by Crippen LogP contribution is -2.45. The third-order valence-corrected chi connectivity index (χ3v) is 5.83. The summed E-state index contributed by atoms with van der Waals surface area (Å²) < 4.78 is 5.28. The van der Waals surface area contributed by atoms with Gasteiger partial charge in [0.1, 0.15) is 6.54 Å². The molecule has 2 aromatic carbocycles. The second-order valence-corrected chi connectivity index (χ2v) is 8.65. The molecule has 6 heteroatoms. The summed E-state index contributed by atoms with van der Waals surface area (Å²) in [6, 6.07) is 15.9. The van der Waals surface area contributed by atoms with Crippen molar-refractivity contribution < 1.29 is 19.1 Å². The third-order valence-electron chi connectivity index (χ3n) is 5.83. The molecule has 32 heavy (non-hydrogen) atoms. The summed E-state index contributed by atoms with van der Waals surface area (Å²) in [4.78, 5) is 38.9. The van der Waals surface area contributed by atoms with Crippen molar-refractivity contribution in [3.05, 3.63) is 70.8 Å². The number of carbonyl (C=O) groups excluding carboxylic acids is 3. The van der Waals surface area contributed by atoms with Crippen molar-refractivity contribution in [1.29, 1.82) is 0 Å². The van der Waals surface area contributed by atoms with Gasteiger partial charge >= 0.3 is 5.97 Å². The highest BCUT2D eigenvalue weighted by Crippen LogP contribution is 2.22. The lowest BCUT2D eigenvalue weighted by atomic mass is 9.90. The summed E-state index contributed by atoms with van der Waals surface area (Å²) in [5, 5.41) is 2.57. The predicted molar refractivity (Wildman–Crippen MR) is 123 cm³/mol. The van der Waals surface area contributed by atoms with Crippen molar-refractivity contribution in [3.8, 4) is 0 Å². The van der Waals surface area contributed by atoms with E-state index < -0.39 is 12.1 Å². The smallest absolute Gasteiger partial charge is 0.326 e. The van der Waals surface area contributed by atoms with Crippen LogP contribution >= 0.6 is 0 Å². The SMILES string of the molecule is Cc1cc(C)cc(C(=O)NCC(=O)OC(C)C(=O)N2CCC(Cc3ccccc3)CC2)c1. The highest BCUT2D eigenvalue weighted by atomic mass is 16.5. The van der Waals surface area contributed by atoms with E-state index in [-0.39, 0.29) is 18.4 Å². The molecule has 0 bridgehead atoms. The number of piperidine rings is 1. The minimum Gasteiger partial charge on any atom is -0.451 e. The van der Waals surface area contributed by atoms with Gasteiger partial charge in [0.2, 0.25) is 0 Å². The van der Waals surface area contributed by atoms with Crippen LogP contribution in [0, 0.1) is 19.8 Å². The Kier molecular flexibility index (Phi) is 8.03. The van der Waals surface area contributed by atoms with Crippen LogP contribution in [0.4, 0.5) is 0 Å². The number of hydrogen-bond acceptors (Lipinski definition) is 4. The van der Waals surface area contributed by atoms with Crippen LogP contribution in [0.1, 0.15) is 46.8 Å². The van der Waals surface area contributed by atoms with Crippen molar-refractivity contribution >= 4 is 17.8 Å². The molecule has 1 unspecified atom stereocenters. The van der Waals surface area contributed by atoms with Gasteiger partial charge in [-0.1, -0.05) is 47.5 Å². The van der Waals surface area contributed by atoms with E-state index in [1.54, 1.807) is 24.0 Å². The van der Waals surface area contributed by atoms with Gasteiger partial charge in [-0.25, -0.2) is 0 Å². The highest BCUT2D eigenvalue weighted by Gasteiger charge is 2.28. The van der Waals surface area contributed by atoms with E-state index in [9.17, 15) is 14.4 Å². The molecule has 1 saturated heterocycles. The molecule has 1 aliphatic rings. The van der Waals surface area contributed by atoms with E-state index in [0.717, 1.165) is 30.4 Å². The molecule has 6 nitrogen and oxygen atoms in total. The summed E-state index contributed by atoms with van der Waals surface area (Å²) in [6.07, 6.45) is 2.03. The lowest BCUT2D eigenvalue weighted by molar-refractivity contribution is -0.158. The maximum absolute atomic E-state index is 12.7. The number of nitrogens with one attached hydrogen (secondary N) is 1. The first-order valence-corrected chi connectivity index (χ1v) is 11.2. The molecule has 0 radical (unpaired) electrons. The Morgan fingerprint density at radius 1 is 1.03 bits per heavy atom. The molecular formula is C26H32N2O4. The van der Waals surface area contributed by atoms with Gasteiger partial charge in [0, 0.05) is 18.7 Å². The molecule has 1 N–H and O–H groups in total.